The van der Waals surface area contributed by atoms with Gasteiger partial charge in [-0.1, -0.05) is 42.0 Å². The van der Waals surface area contributed by atoms with Crippen molar-refractivity contribution < 1.29 is 4.74 Å². The lowest BCUT2D eigenvalue weighted by atomic mass is 9.92. The molecular weight excluding hydrogens is 256 g/mol. The molecule has 0 aliphatic heterocycles. The van der Waals surface area contributed by atoms with Crippen LogP contribution >= 0.6 is 0 Å². The van der Waals surface area contributed by atoms with E-state index in [4.69, 9.17) is 4.74 Å². The summed E-state index contributed by atoms with van der Waals surface area (Å²) < 4.78 is 5.95. The van der Waals surface area contributed by atoms with Crippen molar-refractivity contribution in [1.82, 2.24) is 0 Å². The van der Waals surface area contributed by atoms with Gasteiger partial charge in [-0.25, -0.2) is 0 Å². The number of allylic oxidation sites excluding steroid dienone is 2. The van der Waals surface area contributed by atoms with Gasteiger partial charge in [0.1, 0.15) is 12.4 Å². The van der Waals surface area contributed by atoms with Gasteiger partial charge in [0.15, 0.2) is 0 Å². The van der Waals surface area contributed by atoms with Crippen molar-refractivity contribution in [1.29, 1.82) is 0 Å². The molecule has 0 amide bonds. The lowest BCUT2D eigenvalue weighted by molar-refractivity contribution is 0.306. The van der Waals surface area contributed by atoms with E-state index in [9.17, 15) is 0 Å². The number of ether oxygens (including phenoxy) is 1. The summed E-state index contributed by atoms with van der Waals surface area (Å²) in [5.41, 5.74) is 7.47. The Balaban J connectivity index is 1.51. The molecule has 4 rings (SSSR count). The van der Waals surface area contributed by atoms with Crippen LogP contribution in [-0.2, 0) is 13.0 Å². The standard InChI is InChI=1S/C20H20O/c1-2-6-15(7-3-1)14-21-18-10-11-20-17(13-18)12-16-8-4-5-9-19(16)20/h1-3,6-7,10-11,13H,4-5,8-9,12,14H2. The minimum atomic E-state index is 0.646. The van der Waals surface area contributed by atoms with E-state index in [1.165, 1.54) is 42.4 Å². The molecule has 2 aromatic rings. The third-order valence-corrected chi connectivity index (χ3v) is 4.64. The zero-order valence-corrected chi connectivity index (χ0v) is 12.3. The SMILES string of the molecule is c1ccc(COc2ccc3c(c2)CC2=C3CCCC2)cc1. The highest BCUT2D eigenvalue weighted by molar-refractivity contribution is 5.77. The molecule has 0 fully saturated rings. The summed E-state index contributed by atoms with van der Waals surface area (Å²) in [7, 11) is 0. The Morgan fingerprint density at radius 1 is 0.905 bits per heavy atom. The molecule has 0 spiro atoms. The molecular formula is C20H20O. The molecule has 0 radical (unpaired) electrons. The molecule has 21 heavy (non-hydrogen) atoms. The van der Waals surface area contributed by atoms with Crippen LogP contribution in [0.1, 0.15) is 42.4 Å². The summed E-state index contributed by atoms with van der Waals surface area (Å²) in [6.45, 7) is 0.646. The molecule has 2 aromatic carbocycles. The molecule has 2 aliphatic rings. The smallest absolute Gasteiger partial charge is 0.120 e. The van der Waals surface area contributed by atoms with Crippen molar-refractivity contribution in [2.75, 3.05) is 0 Å². The highest BCUT2D eigenvalue weighted by Gasteiger charge is 2.23. The maximum Gasteiger partial charge on any atom is 0.120 e. The first-order valence-corrected chi connectivity index (χ1v) is 7.91. The van der Waals surface area contributed by atoms with Gasteiger partial charge >= 0.3 is 0 Å². The van der Waals surface area contributed by atoms with Crippen LogP contribution in [0, 0.1) is 0 Å². The molecule has 0 bridgehead atoms. The van der Waals surface area contributed by atoms with Crippen LogP contribution in [0.15, 0.2) is 54.1 Å². The number of rotatable bonds is 3. The summed E-state index contributed by atoms with van der Waals surface area (Å²) in [5, 5.41) is 0. The zero-order valence-electron chi connectivity index (χ0n) is 12.3. The van der Waals surface area contributed by atoms with Crippen molar-refractivity contribution >= 4 is 5.57 Å². The lowest BCUT2D eigenvalue weighted by Gasteiger charge is -2.14. The van der Waals surface area contributed by atoms with E-state index in [1.54, 1.807) is 11.1 Å². The molecule has 0 atom stereocenters. The Kier molecular flexibility index (Phi) is 3.27. The number of hydrogen-bond acceptors (Lipinski definition) is 1. The molecule has 0 N–H and O–H groups in total. The first kappa shape index (κ1) is 12.7. The van der Waals surface area contributed by atoms with E-state index >= 15 is 0 Å². The van der Waals surface area contributed by atoms with Gasteiger partial charge < -0.3 is 4.74 Å². The van der Waals surface area contributed by atoms with E-state index in [2.05, 4.69) is 42.5 Å². The van der Waals surface area contributed by atoms with Crippen LogP contribution < -0.4 is 4.74 Å². The Hall–Kier alpha value is -2.02. The Morgan fingerprint density at radius 3 is 2.67 bits per heavy atom. The molecule has 0 heterocycles. The first-order valence-electron chi connectivity index (χ1n) is 7.91. The number of fused-ring (bicyclic) bond motifs is 2. The Bertz CT molecular complexity index is 682. The molecule has 0 unspecified atom stereocenters. The lowest BCUT2D eigenvalue weighted by Crippen LogP contribution is -1.96. The normalized spacial score (nSPS) is 16.6. The molecule has 2 aliphatic carbocycles. The summed E-state index contributed by atoms with van der Waals surface area (Å²) in [6.07, 6.45) is 6.43. The van der Waals surface area contributed by atoms with Crippen molar-refractivity contribution in [3.05, 3.63) is 70.8 Å². The second-order valence-corrected chi connectivity index (χ2v) is 6.06. The van der Waals surface area contributed by atoms with Gasteiger partial charge in [0.2, 0.25) is 0 Å². The van der Waals surface area contributed by atoms with Gasteiger partial charge in [-0.2, -0.15) is 0 Å². The number of benzene rings is 2. The molecule has 1 heteroatoms. The summed E-state index contributed by atoms with van der Waals surface area (Å²) in [5.74, 6) is 0.998. The molecule has 1 nitrogen and oxygen atoms in total. The van der Waals surface area contributed by atoms with E-state index in [0.717, 1.165) is 12.2 Å². The summed E-state index contributed by atoms with van der Waals surface area (Å²) in [6, 6.07) is 17.0. The average molecular weight is 276 g/mol. The van der Waals surface area contributed by atoms with Crippen molar-refractivity contribution in [2.24, 2.45) is 0 Å². The van der Waals surface area contributed by atoms with E-state index in [-0.39, 0.29) is 0 Å². The van der Waals surface area contributed by atoms with Crippen LogP contribution in [0.2, 0.25) is 0 Å². The van der Waals surface area contributed by atoms with E-state index in [0.29, 0.717) is 6.61 Å². The van der Waals surface area contributed by atoms with Gasteiger partial charge in [-0.3, -0.25) is 0 Å². The van der Waals surface area contributed by atoms with Crippen LogP contribution in [0.25, 0.3) is 5.57 Å². The fourth-order valence-corrected chi connectivity index (χ4v) is 3.56. The fraction of sp³-hybridized carbons (Fsp3) is 0.300. The Labute approximate surface area is 126 Å². The first-order chi connectivity index (χ1) is 10.4. The van der Waals surface area contributed by atoms with Crippen molar-refractivity contribution in [3.63, 3.8) is 0 Å². The third kappa shape index (κ3) is 2.49. The quantitative estimate of drug-likeness (QED) is 0.753. The van der Waals surface area contributed by atoms with Crippen LogP contribution in [0.4, 0.5) is 0 Å². The van der Waals surface area contributed by atoms with Gasteiger partial charge in [0.05, 0.1) is 0 Å². The highest BCUT2D eigenvalue weighted by Crippen LogP contribution is 2.42. The largest absolute Gasteiger partial charge is 0.489 e. The Morgan fingerprint density at radius 2 is 1.76 bits per heavy atom. The highest BCUT2D eigenvalue weighted by atomic mass is 16.5. The van der Waals surface area contributed by atoms with Gasteiger partial charge in [-0.05, 0) is 66.5 Å². The molecule has 106 valence electrons. The van der Waals surface area contributed by atoms with E-state index < -0.39 is 0 Å². The van der Waals surface area contributed by atoms with Crippen molar-refractivity contribution in [2.45, 2.75) is 38.7 Å². The van der Waals surface area contributed by atoms with E-state index in [1.807, 2.05) is 6.07 Å². The van der Waals surface area contributed by atoms with Crippen molar-refractivity contribution in [3.8, 4) is 5.75 Å². The summed E-state index contributed by atoms with van der Waals surface area (Å²) >= 11 is 0. The second kappa shape index (κ2) is 5.40. The van der Waals surface area contributed by atoms with Gasteiger partial charge in [0.25, 0.3) is 0 Å². The van der Waals surface area contributed by atoms with Gasteiger partial charge in [-0.15, -0.1) is 0 Å². The van der Waals surface area contributed by atoms with Crippen LogP contribution in [-0.4, -0.2) is 0 Å². The topological polar surface area (TPSA) is 9.23 Å². The fourth-order valence-electron chi connectivity index (χ4n) is 3.56. The maximum atomic E-state index is 5.95. The number of hydrogen-bond donors (Lipinski definition) is 0. The van der Waals surface area contributed by atoms with Crippen LogP contribution in [0.3, 0.4) is 0 Å². The zero-order chi connectivity index (χ0) is 14.1. The molecule has 0 saturated carbocycles. The predicted molar refractivity (Wildman–Crippen MR) is 86.3 cm³/mol. The minimum Gasteiger partial charge on any atom is -0.489 e. The predicted octanol–water partition coefficient (Wildman–Crippen LogP) is 5.15. The minimum absolute atomic E-state index is 0.646. The molecule has 0 aromatic heterocycles. The monoisotopic (exact) mass is 276 g/mol. The van der Waals surface area contributed by atoms with Gasteiger partial charge in [0, 0.05) is 0 Å². The maximum absolute atomic E-state index is 5.95. The van der Waals surface area contributed by atoms with Crippen LogP contribution in [0.5, 0.6) is 5.75 Å². The molecule has 0 saturated heterocycles. The third-order valence-electron chi connectivity index (χ3n) is 4.64. The average Bonchev–Trinajstić information content (AvgIpc) is 2.91. The second-order valence-electron chi connectivity index (χ2n) is 6.06. The summed E-state index contributed by atoms with van der Waals surface area (Å²) in [4.78, 5) is 0.